The first kappa shape index (κ1) is 14.7. The van der Waals surface area contributed by atoms with Crippen molar-refractivity contribution in [3.8, 4) is 5.69 Å². The minimum absolute atomic E-state index is 0.0557. The van der Waals surface area contributed by atoms with E-state index in [0.29, 0.717) is 0 Å². The van der Waals surface area contributed by atoms with Gasteiger partial charge in [-0.2, -0.15) is 5.10 Å². The van der Waals surface area contributed by atoms with Crippen LogP contribution in [-0.2, 0) is 15.4 Å². The first-order valence-corrected chi connectivity index (χ1v) is 7.84. The van der Waals surface area contributed by atoms with Crippen LogP contribution in [0.15, 0.2) is 35.2 Å². The summed E-state index contributed by atoms with van der Waals surface area (Å²) in [5.41, 5.74) is 2.75. The lowest BCUT2D eigenvalue weighted by molar-refractivity contribution is 0.543. The van der Waals surface area contributed by atoms with Crippen LogP contribution in [0.2, 0.25) is 0 Å². The Morgan fingerprint density at radius 3 is 2.15 bits per heavy atom. The third-order valence-electron chi connectivity index (χ3n) is 3.01. The third-order valence-corrected chi connectivity index (χ3v) is 3.94. The summed E-state index contributed by atoms with van der Waals surface area (Å²) in [5.74, 6) is 0. The first-order chi connectivity index (χ1) is 9.09. The van der Waals surface area contributed by atoms with E-state index in [0.717, 1.165) is 17.1 Å². The van der Waals surface area contributed by atoms with E-state index in [-0.39, 0.29) is 10.3 Å². The van der Waals surface area contributed by atoms with Gasteiger partial charge in [0.2, 0.25) is 10.0 Å². The highest BCUT2D eigenvalue weighted by Gasteiger charge is 2.21. The van der Waals surface area contributed by atoms with Crippen molar-refractivity contribution in [2.75, 3.05) is 0 Å². The molecule has 2 N–H and O–H groups in total. The third kappa shape index (κ3) is 2.91. The van der Waals surface area contributed by atoms with Crippen molar-refractivity contribution in [1.82, 2.24) is 9.78 Å². The molecular formula is C14H19N3O2S. The van der Waals surface area contributed by atoms with Crippen LogP contribution in [0.5, 0.6) is 0 Å². The van der Waals surface area contributed by atoms with Gasteiger partial charge in [-0.15, -0.1) is 0 Å². The van der Waals surface area contributed by atoms with Crippen molar-refractivity contribution < 1.29 is 8.42 Å². The first-order valence-electron chi connectivity index (χ1n) is 6.29. The average Bonchev–Trinajstić information content (AvgIpc) is 2.70. The van der Waals surface area contributed by atoms with Gasteiger partial charge >= 0.3 is 0 Å². The molecule has 6 heteroatoms. The van der Waals surface area contributed by atoms with Gasteiger partial charge in [-0.1, -0.05) is 20.8 Å². The molecular weight excluding hydrogens is 274 g/mol. The monoisotopic (exact) mass is 293 g/mol. The van der Waals surface area contributed by atoms with Gasteiger partial charge in [-0.3, -0.25) is 0 Å². The Balaban J connectivity index is 2.53. The summed E-state index contributed by atoms with van der Waals surface area (Å²) in [4.78, 5) is 0.0995. The molecule has 0 fully saturated rings. The van der Waals surface area contributed by atoms with Crippen LogP contribution in [0.1, 0.15) is 32.2 Å². The second kappa shape index (κ2) is 4.71. The Hall–Kier alpha value is -1.66. The van der Waals surface area contributed by atoms with Gasteiger partial charge in [0.05, 0.1) is 16.3 Å². The number of sulfonamides is 1. The van der Waals surface area contributed by atoms with Crippen molar-refractivity contribution in [3.63, 3.8) is 0 Å². The fraction of sp³-hybridized carbons (Fsp3) is 0.357. The topological polar surface area (TPSA) is 78.0 Å². The number of nitrogens with zero attached hydrogens (tertiary/aromatic N) is 2. The van der Waals surface area contributed by atoms with Crippen LogP contribution in [-0.4, -0.2) is 18.2 Å². The summed E-state index contributed by atoms with van der Waals surface area (Å²) in [6.45, 7) is 8.26. The van der Waals surface area contributed by atoms with Crippen LogP contribution >= 0.6 is 0 Å². The zero-order valence-electron chi connectivity index (χ0n) is 12.1. The highest BCUT2D eigenvalue weighted by molar-refractivity contribution is 7.89. The Labute approximate surface area is 119 Å². The predicted molar refractivity (Wildman–Crippen MR) is 78.4 cm³/mol. The molecule has 0 unspecified atom stereocenters. The van der Waals surface area contributed by atoms with Gasteiger partial charge < -0.3 is 0 Å². The molecule has 1 aromatic heterocycles. The molecule has 20 heavy (non-hydrogen) atoms. The van der Waals surface area contributed by atoms with E-state index in [1.54, 1.807) is 12.1 Å². The number of rotatable bonds is 2. The lowest BCUT2D eigenvalue weighted by Crippen LogP contribution is -2.17. The van der Waals surface area contributed by atoms with Gasteiger partial charge in [0.15, 0.2) is 0 Å². The summed E-state index contributed by atoms with van der Waals surface area (Å²) in [6, 6.07) is 8.44. The molecule has 0 radical (unpaired) electrons. The molecule has 2 aromatic rings. The van der Waals surface area contributed by atoms with Crippen LogP contribution < -0.4 is 5.14 Å². The molecule has 108 valence electrons. The minimum Gasteiger partial charge on any atom is -0.237 e. The predicted octanol–water partition coefficient (Wildman–Crippen LogP) is 2.13. The van der Waals surface area contributed by atoms with Crippen molar-refractivity contribution >= 4 is 10.0 Å². The molecule has 5 nitrogen and oxygen atoms in total. The van der Waals surface area contributed by atoms with Crippen molar-refractivity contribution in [1.29, 1.82) is 0 Å². The second-order valence-electron chi connectivity index (χ2n) is 5.87. The minimum atomic E-state index is -3.66. The van der Waals surface area contributed by atoms with Crippen LogP contribution in [0.25, 0.3) is 5.69 Å². The zero-order chi connectivity index (χ0) is 15.1. The largest absolute Gasteiger partial charge is 0.238 e. The fourth-order valence-corrected chi connectivity index (χ4v) is 2.52. The van der Waals surface area contributed by atoms with E-state index in [4.69, 9.17) is 5.14 Å². The number of primary sulfonamides is 1. The normalized spacial score (nSPS) is 12.7. The molecule has 0 aliphatic heterocycles. The van der Waals surface area contributed by atoms with Crippen molar-refractivity contribution in [3.05, 3.63) is 41.7 Å². The average molecular weight is 293 g/mol. The van der Waals surface area contributed by atoms with E-state index in [2.05, 4.69) is 25.9 Å². The quantitative estimate of drug-likeness (QED) is 0.921. The molecule has 0 bridgehead atoms. The molecule has 2 rings (SSSR count). The molecule has 0 saturated carbocycles. The number of aromatic nitrogens is 2. The fourth-order valence-electron chi connectivity index (χ4n) is 2.01. The van der Waals surface area contributed by atoms with E-state index in [1.807, 2.05) is 17.7 Å². The summed E-state index contributed by atoms with van der Waals surface area (Å²) >= 11 is 0. The lowest BCUT2D eigenvalue weighted by atomic mass is 9.92. The smallest absolute Gasteiger partial charge is 0.237 e. The zero-order valence-corrected chi connectivity index (χ0v) is 12.9. The summed E-state index contributed by atoms with van der Waals surface area (Å²) in [6.07, 6.45) is 0. The number of aryl methyl sites for hydroxylation is 1. The Kier molecular flexibility index (Phi) is 3.47. The van der Waals surface area contributed by atoms with E-state index >= 15 is 0 Å². The molecule has 0 saturated heterocycles. The SMILES string of the molecule is Cc1cc(C(C)(C)C)n(-c2ccc(S(N)(=O)=O)cc2)n1. The maximum absolute atomic E-state index is 11.3. The Bertz CT molecular complexity index is 723. The Morgan fingerprint density at radius 1 is 1.15 bits per heavy atom. The number of benzene rings is 1. The van der Waals surface area contributed by atoms with E-state index in [1.165, 1.54) is 12.1 Å². The van der Waals surface area contributed by atoms with Gasteiger partial charge in [-0.05, 0) is 37.3 Å². The van der Waals surface area contributed by atoms with Gasteiger partial charge in [0.25, 0.3) is 0 Å². The van der Waals surface area contributed by atoms with Crippen LogP contribution in [0.4, 0.5) is 0 Å². The molecule has 0 amide bonds. The maximum atomic E-state index is 11.3. The van der Waals surface area contributed by atoms with E-state index in [9.17, 15) is 8.42 Å². The highest BCUT2D eigenvalue weighted by atomic mass is 32.2. The molecule has 0 spiro atoms. The van der Waals surface area contributed by atoms with Gasteiger partial charge in [-0.25, -0.2) is 18.2 Å². The van der Waals surface area contributed by atoms with Crippen molar-refractivity contribution in [2.24, 2.45) is 5.14 Å². The number of hydrogen-bond acceptors (Lipinski definition) is 3. The van der Waals surface area contributed by atoms with Gasteiger partial charge in [0.1, 0.15) is 0 Å². The molecule has 0 atom stereocenters. The number of nitrogens with two attached hydrogens (primary N) is 1. The maximum Gasteiger partial charge on any atom is 0.238 e. The molecule has 0 aliphatic carbocycles. The Morgan fingerprint density at radius 2 is 1.70 bits per heavy atom. The van der Waals surface area contributed by atoms with E-state index < -0.39 is 10.0 Å². The summed E-state index contributed by atoms with van der Waals surface area (Å²) in [5, 5.41) is 9.57. The standard InChI is InChI=1S/C14H19N3O2S/c1-10-9-13(14(2,3)4)17(16-10)11-5-7-12(8-6-11)20(15,18)19/h5-9H,1-4H3,(H2,15,18,19). The summed E-state index contributed by atoms with van der Waals surface area (Å²) in [7, 11) is -3.66. The van der Waals surface area contributed by atoms with Gasteiger partial charge in [0, 0.05) is 11.1 Å². The summed E-state index contributed by atoms with van der Waals surface area (Å²) < 4.78 is 24.4. The van der Waals surface area contributed by atoms with Crippen LogP contribution in [0, 0.1) is 6.92 Å². The van der Waals surface area contributed by atoms with Crippen LogP contribution in [0.3, 0.4) is 0 Å². The molecule has 1 heterocycles. The molecule has 0 aliphatic rings. The van der Waals surface area contributed by atoms with Crippen molar-refractivity contribution in [2.45, 2.75) is 38.0 Å². The lowest BCUT2D eigenvalue weighted by Gasteiger charge is -2.20. The molecule has 1 aromatic carbocycles. The number of hydrogen-bond donors (Lipinski definition) is 1. The second-order valence-corrected chi connectivity index (χ2v) is 7.43. The highest BCUT2D eigenvalue weighted by Crippen LogP contribution is 2.26.